The minimum absolute atomic E-state index is 0.0369. The highest BCUT2D eigenvalue weighted by Crippen LogP contribution is 2.44. The molecule has 0 radical (unpaired) electrons. The first-order chi connectivity index (χ1) is 33.0. The number of fused-ring (bicyclic) bond motifs is 3. The summed E-state index contributed by atoms with van der Waals surface area (Å²) in [6.45, 7) is 11.5. The second-order valence-corrected chi connectivity index (χ2v) is 19.1. The lowest BCUT2D eigenvalue weighted by Gasteiger charge is -2.29. The Kier molecular flexibility index (Phi) is 17.8. The Balaban J connectivity index is 1.20. The first-order valence-corrected chi connectivity index (χ1v) is 23.5. The number of nitrogens with zero attached hydrogens (tertiary/aromatic N) is 1. The van der Waals surface area contributed by atoms with E-state index in [9.17, 15) is 24.0 Å². The van der Waals surface area contributed by atoms with E-state index in [1.807, 2.05) is 118 Å². The fourth-order valence-corrected chi connectivity index (χ4v) is 7.91. The number of benzene rings is 5. The molecule has 0 saturated carbocycles. The molecule has 4 N–H and O–H groups in total. The number of hydrazine groups is 1. The Hall–Kier alpha value is -7.35. The first-order valence-electron chi connectivity index (χ1n) is 23.5. The normalized spacial score (nSPS) is 12.8. The maximum absolute atomic E-state index is 14.5. The Labute approximate surface area is 405 Å². The summed E-state index contributed by atoms with van der Waals surface area (Å²) in [5.41, 5.74) is 8.17. The molecule has 1 aliphatic carbocycles. The lowest BCUT2D eigenvalue weighted by atomic mass is 9.98. The van der Waals surface area contributed by atoms with Crippen molar-refractivity contribution in [2.24, 2.45) is 0 Å². The van der Waals surface area contributed by atoms with Crippen molar-refractivity contribution in [3.63, 3.8) is 0 Å². The minimum Gasteiger partial charge on any atom is -0.488 e. The summed E-state index contributed by atoms with van der Waals surface area (Å²) in [4.78, 5) is 68.3. The van der Waals surface area contributed by atoms with Gasteiger partial charge in [-0.25, -0.2) is 19.4 Å². The van der Waals surface area contributed by atoms with Gasteiger partial charge in [-0.15, -0.1) is 0 Å². The van der Waals surface area contributed by atoms with Gasteiger partial charge in [-0.05, 0) is 112 Å². The number of nitrogens with one attached hydrogen (secondary N) is 4. The number of amides is 5. The number of hydrogen-bond donors (Lipinski definition) is 4. The molecule has 1 aliphatic rings. The zero-order valence-corrected chi connectivity index (χ0v) is 40.4. The summed E-state index contributed by atoms with van der Waals surface area (Å²) < 4.78 is 22.9. The standard InChI is InChI=1S/C55H65N5O9/c1-54(2,3)68-42-30-28-39(29-31-42)35-60(51(63)57-41(23-17-18-32-56-52(64)69-55(4,5)6)34-49(61)66-36-40-21-11-8-12-22-40)59-50(62)48(33-38-19-9-7-10-20-38)58-53(65)67-37-47-45-26-15-13-24-43(45)44-25-14-16-27-46(44)47/h7-16,19-22,24-31,41,47-48H,17-18,23,32-37H2,1-6H3,(H,56,64)(H,57,63)(H,58,65)(H,59,62)/t41-,48-/m0/s1. The summed E-state index contributed by atoms with van der Waals surface area (Å²) in [7, 11) is 0. The van der Waals surface area contributed by atoms with Crippen LogP contribution in [0, 0.1) is 0 Å². The maximum Gasteiger partial charge on any atom is 0.407 e. The average Bonchev–Trinajstić information content (AvgIpc) is 3.63. The molecule has 5 aromatic carbocycles. The van der Waals surface area contributed by atoms with E-state index in [1.54, 1.807) is 45.0 Å². The van der Waals surface area contributed by atoms with Gasteiger partial charge in [0.05, 0.1) is 13.0 Å². The highest BCUT2D eigenvalue weighted by atomic mass is 16.6. The lowest BCUT2D eigenvalue weighted by molar-refractivity contribution is -0.145. The van der Waals surface area contributed by atoms with Gasteiger partial charge >= 0.3 is 24.2 Å². The third-order valence-corrected chi connectivity index (χ3v) is 11.0. The van der Waals surface area contributed by atoms with Crippen molar-refractivity contribution in [1.82, 2.24) is 26.4 Å². The van der Waals surface area contributed by atoms with Crippen molar-refractivity contribution in [2.75, 3.05) is 13.2 Å². The first kappa shape index (κ1) is 51.0. The van der Waals surface area contributed by atoms with Gasteiger partial charge in [0.2, 0.25) is 0 Å². The van der Waals surface area contributed by atoms with Crippen molar-refractivity contribution in [3.8, 4) is 16.9 Å². The number of urea groups is 1. The molecule has 5 amide bonds. The van der Waals surface area contributed by atoms with Crippen LogP contribution in [0.15, 0.2) is 133 Å². The Morgan fingerprint density at radius 1 is 0.623 bits per heavy atom. The molecule has 0 saturated heterocycles. The van der Waals surface area contributed by atoms with Crippen LogP contribution in [0.4, 0.5) is 14.4 Å². The molecular formula is C55H65N5O9. The molecule has 0 spiro atoms. The number of hydrogen-bond acceptors (Lipinski definition) is 9. The summed E-state index contributed by atoms with van der Waals surface area (Å²) in [5.74, 6) is -0.788. The van der Waals surface area contributed by atoms with E-state index >= 15 is 0 Å². The predicted molar refractivity (Wildman–Crippen MR) is 264 cm³/mol. The number of alkyl carbamates (subject to hydrolysis) is 2. The van der Waals surface area contributed by atoms with Crippen LogP contribution in [-0.4, -0.2) is 71.5 Å². The molecule has 14 heteroatoms. The Bertz CT molecular complexity index is 2440. The Morgan fingerprint density at radius 3 is 1.83 bits per heavy atom. The zero-order valence-electron chi connectivity index (χ0n) is 40.4. The van der Waals surface area contributed by atoms with E-state index in [2.05, 4.69) is 33.5 Å². The number of carbonyl (C=O) groups is 5. The van der Waals surface area contributed by atoms with E-state index in [0.717, 1.165) is 38.4 Å². The van der Waals surface area contributed by atoms with Crippen molar-refractivity contribution >= 4 is 30.1 Å². The van der Waals surface area contributed by atoms with Gasteiger partial charge in [-0.1, -0.05) is 121 Å². The van der Waals surface area contributed by atoms with Gasteiger partial charge in [0.15, 0.2) is 0 Å². The molecule has 14 nitrogen and oxygen atoms in total. The van der Waals surface area contributed by atoms with E-state index < -0.39 is 53.4 Å². The van der Waals surface area contributed by atoms with Crippen LogP contribution in [-0.2, 0) is 43.4 Å². The zero-order chi connectivity index (χ0) is 49.4. The molecule has 0 fully saturated rings. The van der Waals surface area contributed by atoms with Crippen LogP contribution in [0.1, 0.15) is 101 Å². The van der Waals surface area contributed by atoms with Crippen LogP contribution < -0.4 is 26.1 Å². The number of esters is 1. The van der Waals surface area contributed by atoms with Crippen LogP contribution in [0.3, 0.4) is 0 Å². The molecule has 5 aromatic rings. The van der Waals surface area contributed by atoms with Crippen molar-refractivity contribution < 1.29 is 42.9 Å². The van der Waals surface area contributed by atoms with E-state index in [4.69, 9.17) is 18.9 Å². The third-order valence-electron chi connectivity index (χ3n) is 11.0. The van der Waals surface area contributed by atoms with Crippen LogP contribution in [0.5, 0.6) is 5.75 Å². The lowest BCUT2D eigenvalue weighted by Crippen LogP contribution is -2.57. The van der Waals surface area contributed by atoms with Crippen molar-refractivity contribution in [1.29, 1.82) is 0 Å². The summed E-state index contributed by atoms with van der Waals surface area (Å²) >= 11 is 0. The maximum atomic E-state index is 14.5. The quantitative estimate of drug-likeness (QED) is 0.0272. The fourth-order valence-electron chi connectivity index (χ4n) is 7.91. The number of carbonyl (C=O) groups excluding carboxylic acids is 5. The topological polar surface area (TPSA) is 174 Å². The van der Waals surface area contributed by atoms with Crippen molar-refractivity contribution in [2.45, 2.75) is 116 Å². The monoisotopic (exact) mass is 939 g/mol. The highest BCUT2D eigenvalue weighted by molar-refractivity contribution is 5.88. The predicted octanol–water partition coefficient (Wildman–Crippen LogP) is 9.75. The molecule has 0 bridgehead atoms. The summed E-state index contributed by atoms with van der Waals surface area (Å²) in [6, 6.07) is 39.1. The van der Waals surface area contributed by atoms with Crippen LogP contribution >= 0.6 is 0 Å². The van der Waals surface area contributed by atoms with Gasteiger partial charge in [0, 0.05) is 24.9 Å². The fraction of sp³-hybridized carbons (Fsp3) is 0.364. The van der Waals surface area contributed by atoms with E-state index in [0.29, 0.717) is 37.1 Å². The third kappa shape index (κ3) is 16.4. The van der Waals surface area contributed by atoms with E-state index in [1.165, 1.54) is 0 Å². The molecule has 6 rings (SSSR count). The second kappa shape index (κ2) is 24.1. The van der Waals surface area contributed by atoms with E-state index in [-0.39, 0.29) is 38.5 Å². The van der Waals surface area contributed by atoms with Gasteiger partial charge < -0.3 is 34.9 Å². The summed E-state index contributed by atoms with van der Waals surface area (Å²) in [6.07, 6.45) is -0.0535. The molecule has 0 heterocycles. The van der Waals surface area contributed by atoms with Gasteiger partial charge in [-0.2, -0.15) is 0 Å². The number of ether oxygens (including phenoxy) is 4. The molecule has 0 unspecified atom stereocenters. The number of rotatable bonds is 19. The van der Waals surface area contributed by atoms with Crippen molar-refractivity contribution in [3.05, 3.63) is 161 Å². The Morgan fingerprint density at radius 2 is 1.22 bits per heavy atom. The van der Waals surface area contributed by atoms with Gasteiger partial charge in [-0.3, -0.25) is 15.0 Å². The number of unbranched alkanes of at least 4 members (excludes halogenated alkanes) is 1. The smallest absolute Gasteiger partial charge is 0.407 e. The highest BCUT2D eigenvalue weighted by Gasteiger charge is 2.31. The minimum atomic E-state index is -1.18. The van der Waals surface area contributed by atoms with Gasteiger partial charge in [0.1, 0.15) is 36.2 Å². The average molecular weight is 940 g/mol. The SMILES string of the molecule is CC(C)(C)OC(=O)NCCCC[C@@H](CC(=O)OCc1ccccc1)NC(=O)N(Cc1ccc(OC(C)(C)C)cc1)NC(=O)[C@H](Cc1ccccc1)NC(=O)OCC1c2ccccc2-c2ccccc21. The molecule has 0 aromatic heterocycles. The molecular weight excluding hydrogens is 875 g/mol. The molecule has 0 aliphatic heterocycles. The van der Waals surface area contributed by atoms with Gasteiger partial charge in [0.25, 0.3) is 5.91 Å². The van der Waals surface area contributed by atoms with Crippen LogP contribution in [0.25, 0.3) is 11.1 Å². The van der Waals surface area contributed by atoms with Crippen LogP contribution in [0.2, 0.25) is 0 Å². The molecule has 69 heavy (non-hydrogen) atoms. The molecule has 364 valence electrons. The molecule has 2 atom stereocenters. The second-order valence-electron chi connectivity index (χ2n) is 19.1. The summed E-state index contributed by atoms with van der Waals surface area (Å²) in [5, 5.41) is 9.62. The largest absolute Gasteiger partial charge is 0.488 e.